The number of carboxylic acid groups (broad SMARTS) is 1. The van der Waals surface area contributed by atoms with Crippen LogP contribution < -0.4 is 0 Å². The van der Waals surface area contributed by atoms with Crippen LogP contribution in [0.2, 0.25) is 0 Å². The van der Waals surface area contributed by atoms with Gasteiger partial charge >= 0.3 is 5.97 Å². The minimum atomic E-state index is -0.648. The van der Waals surface area contributed by atoms with E-state index in [1.807, 2.05) is 6.92 Å². The molecule has 172 valence electrons. The molecule has 1 N–H and O–H groups in total. The molecular formula is C27H52O2. The van der Waals surface area contributed by atoms with Crippen molar-refractivity contribution in [1.82, 2.24) is 0 Å². The molecule has 0 aliphatic rings. The maximum atomic E-state index is 10.7. The third kappa shape index (κ3) is 23.4. The lowest BCUT2D eigenvalue weighted by atomic mass is 10.0. The van der Waals surface area contributed by atoms with E-state index >= 15 is 0 Å². The monoisotopic (exact) mass is 408 g/mol. The lowest BCUT2D eigenvalue weighted by molar-refractivity contribution is -0.141. The van der Waals surface area contributed by atoms with Gasteiger partial charge < -0.3 is 5.11 Å². The smallest absolute Gasteiger partial charge is 0.306 e. The average molecular weight is 409 g/mol. The summed E-state index contributed by atoms with van der Waals surface area (Å²) in [6, 6.07) is 0. The van der Waals surface area contributed by atoms with Gasteiger partial charge in [0, 0.05) is 0 Å². The van der Waals surface area contributed by atoms with Crippen LogP contribution in [-0.2, 0) is 4.79 Å². The summed E-state index contributed by atoms with van der Waals surface area (Å²) in [6.45, 7) is 4.10. The number of aliphatic carboxylic acids is 1. The lowest BCUT2D eigenvalue weighted by Gasteiger charge is -2.05. The van der Waals surface area contributed by atoms with E-state index in [0.717, 1.165) is 12.8 Å². The van der Waals surface area contributed by atoms with Crippen molar-refractivity contribution in [2.24, 2.45) is 5.92 Å². The fourth-order valence-corrected chi connectivity index (χ4v) is 3.88. The fraction of sp³-hybridized carbons (Fsp3) is 0.889. The fourth-order valence-electron chi connectivity index (χ4n) is 3.88. The number of allylic oxidation sites excluding steroid dienone is 2. The van der Waals surface area contributed by atoms with Crippen molar-refractivity contribution in [3.8, 4) is 0 Å². The zero-order chi connectivity index (χ0) is 21.4. The second-order valence-corrected chi connectivity index (χ2v) is 9.09. The summed E-state index contributed by atoms with van der Waals surface area (Å²) < 4.78 is 0. The van der Waals surface area contributed by atoms with Gasteiger partial charge in [-0.25, -0.2) is 0 Å². The van der Waals surface area contributed by atoms with Crippen molar-refractivity contribution in [3.05, 3.63) is 12.2 Å². The Bertz CT molecular complexity index is 362. The number of unbranched alkanes of at least 4 members (excludes halogenated alkanes) is 18. The summed E-state index contributed by atoms with van der Waals surface area (Å²) in [7, 11) is 0. The summed E-state index contributed by atoms with van der Waals surface area (Å²) in [5.41, 5.74) is 0. The van der Waals surface area contributed by atoms with Crippen molar-refractivity contribution in [2.45, 2.75) is 149 Å². The van der Waals surface area contributed by atoms with Gasteiger partial charge in [-0.1, -0.05) is 129 Å². The van der Waals surface area contributed by atoms with E-state index in [0.29, 0.717) is 0 Å². The highest BCUT2D eigenvalue weighted by molar-refractivity contribution is 5.69. The molecule has 0 heterocycles. The van der Waals surface area contributed by atoms with Gasteiger partial charge in [0.1, 0.15) is 0 Å². The Kier molecular flexibility index (Phi) is 22.8. The Hall–Kier alpha value is -0.790. The van der Waals surface area contributed by atoms with E-state index in [2.05, 4.69) is 19.1 Å². The molecule has 0 aromatic carbocycles. The largest absolute Gasteiger partial charge is 0.481 e. The molecule has 2 heteroatoms. The molecular weight excluding hydrogens is 356 g/mol. The van der Waals surface area contributed by atoms with Gasteiger partial charge in [-0.2, -0.15) is 0 Å². The average Bonchev–Trinajstić information content (AvgIpc) is 2.71. The van der Waals surface area contributed by atoms with Gasteiger partial charge in [-0.05, 0) is 32.1 Å². The first-order valence-corrected chi connectivity index (χ1v) is 13.1. The second kappa shape index (κ2) is 23.5. The summed E-state index contributed by atoms with van der Waals surface area (Å²) in [6.07, 6.45) is 32.6. The Morgan fingerprint density at radius 1 is 0.621 bits per heavy atom. The Morgan fingerprint density at radius 3 is 1.34 bits per heavy atom. The molecule has 0 saturated carbocycles. The topological polar surface area (TPSA) is 37.3 Å². The number of hydrogen-bond acceptors (Lipinski definition) is 1. The van der Waals surface area contributed by atoms with Gasteiger partial charge in [0.2, 0.25) is 0 Å². The van der Waals surface area contributed by atoms with Gasteiger partial charge in [0.15, 0.2) is 0 Å². The molecule has 1 unspecified atom stereocenters. The molecule has 0 radical (unpaired) electrons. The third-order valence-corrected chi connectivity index (χ3v) is 6.07. The first kappa shape index (κ1) is 28.2. The summed E-state index contributed by atoms with van der Waals surface area (Å²) in [4.78, 5) is 10.7. The molecule has 0 aliphatic heterocycles. The summed E-state index contributed by atoms with van der Waals surface area (Å²) in [5, 5.41) is 8.85. The van der Waals surface area contributed by atoms with Crippen LogP contribution in [-0.4, -0.2) is 11.1 Å². The first-order valence-electron chi connectivity index (χ1n) is 13.1. The molecule has 2 nitrogen and oxygen atoms in total. The van der Waals surface area contributed by atoms with Gasteiger partial charge in [-0.15, -0.1) is 0 Å². The molecule has 1 atom stereocenters. The molecule has 0 amide bonds. The maximum Gasteiger partial charge on any atom is 0.306 e. The van der Waals surface area contributed by atoms with Crippen LogP contribution >= 0.6 is 0 Å². The molecule has 0 aromatic heterocycles. The van der Waals surface area contributed by atoms with Gasteiger partial charge in [0.05, 0.1) is 5.92 Å². The van der Waals surface area contributed by atoms with Crippen LogP contribution in [0.3, 0.4) is 0 Å². The highest BCUT2D eigenvalue weighted by Gasteiger charge is 2.09. The van der Waals surface area contributed by atoms with Crippen LogP contribution in [0.5, 0.6) is 0 Å². The Labute approximate surface area is 182 Å². The standard InChI is InChI=1S/C27H52O2/c1-3-4-5-6-7-8-9-10-11-12-13-14-15-16-17-18-19-20-21-22-23-24-25-26(2)27(28)29/h10-11,26H,3-9,12-25H2,1-2H3,(H,28,29). The SMILES string of the molecule is CCCCCCCCC=CCCCCCCCCCCCCCCC(C)C(=O)O. The second-order valence-electron chi connectivity index (χ2n) is 9.09. The van der Waals surface area contributed by atoms with Crippen LogP contribution in [0.25, 0.3) is 0 Å². The van der Waals surface area contributed by atoms with Crippen LogP contribution in [0, 0.1) is 5.92 Å². The highest BCUT2D eigenvalue weighted by Crippen LogP contribution is 2.15. The lowest BCUT2D eigenvalue weighted by Crippen LogP contribution is -2.08. The van der Waals surface area contributed by atoms with Crippen molar-refractivity contribution in [2.75, 3.05) is 0 Å². The van der Waals surface area contributed by atoms with E-state index in [9.17, 15) is 4.79 Å². The molecule has 29 heavy (non-hydrogen) atoms. The number of hydrogen-bond donors (Lipinski definition) is 1. The predicted molar refractivity (Wildman–Crippen MR) is 129 cm³/mol. The van der Waals surface area contributed by atoms with Crippen molar-refractivity contribution in [1.29, 1.82) is 0 Å². The van der Waals surface area contributed by atoms with E-state index in [4.69, 9.17) is 5.11 Å². The molecule has 0 aliphatic carbocycles. The van der Waals surface area contributed by atoms with Gasteiger partial charge in [0.25, 0.3) is 0 Å². The van der Waals surface area contributed by atoms with Gasteiger partial charge in [-0.3, -0.25) is 4.79 Å². The maximum absolute atomic E-state index is 10.7. The van der Waals surface area contributed by atoms with Crippen LogP contribution in [0.1, 0.15) is 149 Å². The highest BCUT2D eigenvalue weighted by atomic mass is 16.4. The van der Waals surface area contributed by atoms with Crippen molar-refractivity contribution >= 4 is 5.97 Å². The summed E-state index contributed by atoms with van der Waals surface area (Å²) in [5.74, 6) is -0.818. The normalized spacial score (nSPS) is 12.6. The van der Waals surface area contributed by atoms with E-state index < -0.39 is 5.97 Å². The van der Waals surface area contributed by atoms with E-state index in [-0.39, 0.29) is 5.92 Å². The van der Waals surface area contributed by atoms with E-state index in [1.165, 1.54) is 122 Å². The minimum absolute atomic E-state index is 0.170. The number of rotatable bonds is 23. The zero-order valence-electron chi connectivity index (χ0n) is 19.9. The Balaban J connectivity index is 3.11. The van der Waals surface area contributed by atoms with E-state index in [1.54, 1.807) is 0 Å². The van der Waals surface area contributed by atoms with Crippen molar-refractivity contribution in [3.63, 3.8) is 0 Å². The Morgan fingerprint density at radius 2 is 0.966 bits per heavy atom. The molecule has 0 saturated heterocycles. The first-order chi connectivity index (χ1) is 14.2. The predicted octanol–water partition coefficient (Wildman–Crippen LogP) is 9.48. The minimum Gasteiger partial charge on any atom is -0.481 e. The molecule has 0 rings (SSSR count). The summed E-state index contributed by atoms with van der Waals surface area (Å²) >= 11 is 0. The molecule has 0 spiro atoms. The van der Waals surface area contributed by atoms with Crippen molar-refractivity contribution < 1.29 is 9.90 Å². The molecule has 0 fully saturated rings. The third-order valence-electron chi connectivity index (χ3n) is 6.07. The van der Waals surface area contributed by atoms with Crippen LogP contribution in [0.15, 0.2) is 12.2 Å². The quantitative estimate of drug-likeness (QED) is 0.135. The number of carbonyl (C=O) groups is 1. The molecule has 0 bridgehead atoms. The molecule has 0 aromatic rings. The number of carboxylic acids is 1. The van der Waals surface area contributed by atoms with Crippen LogP contribution in [0.4, 0.5) is 0 Å². The zero-order valence-corrected chi connectivity index (χ0v) is 19.9.